The van der Waals surface area contributed by atoms with Gasteiger partial charge in [-0.25, -0.2) is 9.88 Å². The zero-order chi connectivity index (χ0) is 28.8. The summed E-state index contributed by atoms with van der Waals surface area (Å²) in [7, 11) is 0. The van der Waals surface area contributed by atoms with E-state index < -0.39 is 60.5 Å². The van der Waals surface area contributed by atoms with Crippen molar-refractivity contribution in [3.8, 4) is 17.6 Å². The van der Waals surface area contributed by atoms with Crippen molar-refractivity contribution in [2.45, 2.75) is 70.3 Å². The van der Waals surface area contributed by atoms with Gasteiger partial charge in [-0.05, 0) is 44.7 Å². The van der Waals surface area contributed by atoms with Crippen molar-refractivity contribution < 1.29 is 33.5 Å². The summed E-state index contributed by atoms with van der Waals surface area (Å²) in [5, 5.41) is 25.3. The number of aliphatic hydroxyl groups is 2. The van der Waals surface area contributed by atoms with E-state index in [1.54, 1.807) is 58.0 Å². The fourth-order valence-electron chi connectivity index (χ4n) is 3.66. The molecule has 1 aliphatic heterocycles. The van der Waals surface area contributed by atoms with E-state index in [9.17, 15) is 24.6 Å². The van der Waals surface area contributed by atoms with Crippen LogP contribution in [-0.2, 0) is 30.6 Å². The lowest BCUT2D eigenvalue weighted by molar-refractivity contribution is -0.149. The van der Waals surface area contributed by atoms with Crippen LogP contribution in [0, 0.1) is 11.8 Å². The standard InChI is InChI=1S/C25H32N3O9PS/c1-5-6-13-25(33)21(30)19(36-23(25)28-14-12-20(29)26-24(28)32)15-34-38(39,37-18-10-8-7-9-11-18)27-17(4)22(31)35-16(2)3/h7-12,14,16-17,19,21,23,30,33H,5,15H2,1-4H3,(H,27,39)(H,26,29,32)/t17?,19-,21-,23-,25-,38?/m1/s1. The van der Waals surface area contributed by atoms with Gasteiger partial charge in [-0.1, -0.05) is 31.0 Å². The SMILES string of the molecule is CCC#C[C@@]1(O)[C@H](O)[C@@H](COP(=S)(NC(C)C(=O)OC(C)C)Oc2ccccc2)O[C@H]1n1ccc(=O)[nH]c1=O. The van der Waals surface area contributed by atoms with Gasteiger partial charge in [0.2, 0.25) is 0 Å². The van der Waals surface area contributed by atoms with Crippen molar-refractivity contribution in [1.29, 1.82) is 0 Å². The van der Waals surface area contributed by atoms with Crippen LogP contribution in [0.25, 0.3) is 0 Å². The second-order valence-corrected chi connectivity index (χ2v) is 12.1. The number of carbonyl (C=O) groups excluding carboxylic acids is 1. The number of nitrogens with zero attached hydrogens (tertiary/aromatic N) is 1. The maximum absolute atomic E-state index is 12.5. The molecule has 6 atom stereocenters. The third-order valence-corrected chi connectivity index (χ3v) is 7.99. The molecule has 0 radical (unpaired) electrons. The van der Waals surface area contributed by atoms with Crippen LogP contribution < -0.4 is 20.9 Å². The summed E-state index contributed by atoms with van der Waals surface area (Å²) in [5.41, 5.74) is -3.74. The topological polar surface area (TPSA) is 161 Å². The Labute approximate surface area is 230 Å². The van der Waals surface area contributed by atoms with Crippen LogP contribution >= 0.6 is 6.64 Å². The number of rotatable bonds is 10. The summed E-state index contributed by atoms with van der Waals surface area (Å²) in [6.45, 7) is 2.82. The quantitative estimate of drug-likeness (QED) is 0.181. The number of hydrogen-bond acceptors (Lipinski definition) is 10. The van der Waals surface area contributed by atoms with Crippen LogP contribution in [0.1, 0.15) is 40.3 Å². The monoisotopic (exact) mass is 581 g/mol. The first-order valence-corrected chi connectivity index (χ1v) is 14.9. The van der Waals surface area contributed by atoms with Crippen LogP contribution in [0.2, 0.25) is 0 Å². The lowest BCUT2D eigenvalue weighted by Crippen LogP contribution is -2.48. The Kier molecular flexibility index (Phi) is 10.3. The molecular formula is C25H32N3O9PS. The first kappa shape index (κ1) is 30.7. The molecule has 12 nitrogen and oxygen atoms in total. The highest BCUT2D eigenvalue weighted by Gasteiger charge is 2.56. The average Bonchev–Trinajstić information content (AvgIpc) is 3.11. The van der Waals surface area contributed by atoms with Gasteiger partial charge >= 0.3 is 18.3 Å². The van der Waals surface area contributed by atoms with Gasteiger partial charge in [0.1, 0.15) is 24.0 Å². The lowest BCUT2D eigenvalue weighted by atomic mass is 9.94. The minimum Gasteiger partial charge on any atom is -0.462 e. The van der Waals surface area contributed by atoms with Gasteiger partial charge in [-0.15, -0.1) is 5.92 Å². The van der Waals surface area contributed by atoms with E-state index in [-0.39, 0.29) is 6.10 Å². The predicted molar refractivity (Wildman–Crippen MR) is 145 cm³/mol. The number of para-hydroxylation sites is 1. The number of aromatic amines is 1. The Hall–Kier alpha value is -2.82. The van der Waals surface area contributed by atoms with Gasteiger partial charge < -0.3 is 28.7 Å². The molecule has 3 rings (SSSR count). The summed E-state index contributed by atoms with van der Waals surface area (Å²) in [6.07, 6.45) is -3.23. The number of carbonyl (C=O) groups is 1. The fourth-order valence-corrected chi connectivity index (χ4v) is 6.08. The number of esters is 1. The van der Waals surface area contributed by atoms with E-state index in [1.165, 1.54) is 0 Å². The van der Waals surface area contributed by atoms with Crippen LogP contribution in [0.4, 0.5) is 0 Å². The van der Waals surface area contributed by atoms with Crippen LogP contribution in [0.3, 0.4) is 0 Å². The molecule has 4 N–H and O–H groups in total. The predicted octanol–water partition coefficient (Wildman–Crippen LogP) is 1.19. The number of H-pyrrole nitrogens is 1. The Morgan fingerprint density at radius 3 is 2.59 bits per heavy atom. The molecule has 2 heterocycles. The number of ether oxygens (including phenoxy) is 2. The summed E-state index contributed by atoms with van der Waals surface area (Å²) in [6, 6.07) is 8.72. The number of nitrogens with one attached hydrogen (secondary N) is 2. The molecule has 14 heteroatoms. The maximum atomic E-state index is 12.5. The van der Waals surface area contributed by atoms with Crippen molar-refractivity contribution in [2.24, 2.45) is 0 Å². The number of aromatic nitrogens is 2. The van der Waals surface area contributed by atoms with Crippen LogP contribution in [0.15, 0.2) is 52.2 Å². The summed E-state index contributed by atoms with van der Waals surface area (Å²) in [4.78, 5) is 38.5. The molecule has 1 aromatic heterocycles. The molecule has 2 unspecified atom stereocenters. The zero-order valence-corrected chi connectivity index (χ0v) is 23.6. The highest BCUT2D eigenvalue weighted by Crippen LogP contribution is 2.47. The molecule has 0 aliphatic carbocycles. The second-order valence-electron chi connectivity index (χ2n) is 9.00. The second kappa shape index (κ2) is 13.0. The van der Waals surface area contributed by atoms with Crippen molar-refractivity contribution >= 4 is 24.4 Å². The first-order valence-electron chi connectivity index (χ1n) is 12.2. The minimum atomic E-state index is -3.49. The smallest absolute Gasteiger partial charge is 0.330 e. The molecule has 0 spiro atoms. The number of benzene rings is 1. The van der Waals surface area contributed by atoms with E-state index in [4.69, 9.17) is 30.3 Å². The highest BCUT2D eigenvalue weighted by atomic mass is 32.5. The third kappa shape index (κ3) is 7.64. The minimum absolute atomic E-state index is 0.351. The highest BCUT2D eigenvalue weighted by molar-refractivity contribution is 8.09. The van der Waals surface area contributed by atoms with Gasteiger partial charge in [0.05, 0.1) is 12.7 Å². The van der Waals surface area contributed by atoms with Crippen molar-refractivity contribution in [3.05, 3.63) is 63.4 Å². The summed E-state index contributed by atoms with van der Waals surface area (Å²) < 4.78 is 23.9. The molecule has 1 saturated heterocycles. The Balaban J connectivity index is 1.88. The van der Waals surface area contributed by atoms with Crippen molar-refractivity contribution in [2.75, 3.05) is 6.61 Å². The fraction of sp³-hybridized carbons (Fsp3) is 0.480. The number of hydrogen-bond donors (Lipinski definition) is 4. The van der Waals surface area contributed by atoms with Gasteiger partial charge in [-0.3, -0.25) is 19.1 Å². The van der Waals surface area contributed by atoms with Crippen LogP contribution in [-0.4, -0.2) is 62.3 Å². The molecule has 212 valence electrons. The Morgan fingerprint density at radius 2 is 1.97 bits per heavy atom. The Morgan fingerprint density at radius 1 is 1.28 bits per heavy atom. The molecule has 1 aliphatic rings. The normalized spacial score (nSPS) is 24.8. The Bertz CT molecular complexity index is 1370. The van der Waals surface area contributed by atoms with E-state index in [0.29, 0.717) is 12.2 Å². The summed E-state index contributed by atoms with van der Waals surface area (Å²) >= 11 is 5.68. The molecule has 0 saturated carbocycles. The molecule has 0 amide bonds. The third-order valence-electron chi connectivity index (χ3n) is 5.49. The molecular weight excluding hydrogens is 549 g/mol. The van der Waals surface area contributed by atoms with Gasteiger partial charge in [0.15, 0.2) is 11.8 Å². The van der Waals surface area contributed by atoms with Crippen molar-refractivity contribution in [1.82, 2.24) is 14.6 Å². The van der Waals surface area contributed by atoms with Gasteiger partial charge in [-0.2, -0.15) is 0 Å². The number of aliphatic hydroxyl groups excluding tert-OH is 1. The van der Waals surface area contributed by atoms with Crippen LogP contribution in [0.5, 0.6) is 5.75 Å². The van der Waals surface area contributed by atoms with Gasteiger partial charge in [0.25, 0.3) is 5.56 Å². The van der Waals surface area contributed by atoms with E-state index in [2.05, 4.69) is 21.9 Å². The van der Waals surface area contributed by atoms with E-state index >= 15 is 0 Å². The van der Waals surface area contributed by atoms with Gasteiger partial charge in [0, 0.05) is 18.7 Å². The largest absolute Gasteiger partial charge is 0.462 e. The average molecular weight is 582 g/mol. The molecule has 1 fully saturated rings. The summed E-state index contributed by atoms with van der Waals surface area (Å²) in [5.74, 6) is 5.08. The molecule has 1 aromatic carbocycles. The zero-order valence-electron chi connectivity index (χ0n) is 21.9. The molecule has 2 aromatic rings. The van der Waals surface area contributed by atoms with E-state index in [0.717, 1.165) is 16.8 Å². The van der Waals surface area contributed by atoms with E-state index in [1.807, 2.05) is 0 Å². The molecule has 39 heavy (non-hydrogen) atoms. The van der Waals surface area contributed by atoms with Crippen molar-refractivity contribution in [3.63, 3.8) is 0 Å². The lowest BCUT2D eigenvalue weighted by Gasteiger charge is -2.28. The first-order chi connectivity index (χ1) is 18.4. The maximum Gasteiger partial charge on any atom is 0.330 e. The molecule has 0 bridgehead atoms.